The lowest BCUT2D eigenvalue weighted by molar-refractivity contribution is -0.161. The van der Waals surface area contributed by atoms with Gasteiger partial charge >= 0.3 is 19.8 Å². The molecule has 0 aromatic carbocycles. The summed E-state index contributed by atoms with van der Waals surface area (Å²) >= 11 is 0. The maximum Gasteiger partial charge on any atom is 0.469 e. The second-order valence-electron chi connectivity index (χ2n) is 15.5. The number of aliphatic hydroxyl groups is 2. The van der Waals surface area contributed by atoms with Crippen LogP contribution in [0, 0.1) is 5.92 Å². The summed E-state index contributed by atoms with van der Waals surface area (Å²) in [6, 6.07) is 0. The van der Waals surface area contributed by atoms with E-state index in [1.165, 1.54) is 83.5 Å². The van der Waals surface area contributed by atoms with Crippen molar-refractivity contribution < 1.29 is 48.2 Å². The van der Waals surface area contributed by atoms with Crippen molar-refractivity contribution in [3.05, 3.63) is 72.9 Å². The lowest BCUT2D eigenvalue weighted by Gasteiger charge is -2.18. The summed E-state index contributed by atoms with van der Waals surface area (Å²) in [5.41, 5.74) is 0. The largest absolute Gasteiger partial charge is 0.469 e. The third kappa shape index (κ3) is 43.0. The molecule has 0 aromatic rings. The molecule has 0 aliphatic carbocycles. The Morgan fingerprint density at radius 2 is 1.07 bits per heavy atom. The van der Waals surface area contributed by atoms with Crippen LogP contribution in [0.4, 0.5) is 0 Å². The van der Waals surface area contributed by atoms with Gasteiger partial charge in [0, 0.05) is 12.8 Å². The quantitative estimate of drug-likeness (QED) is 0.0154. The highest BCUT2D eigenvalue weighted by Crippen LogP contribution is 2.36. The fraction of sp³-hybridized carbons (Fsp3) is 0.702. The average Bonchev–Trinajstić information content (AvgIpc) is 3.17. The minimum atomic E-state index is -4.81. The standard InChI is InChI=1S/C47H81O10P/c1-4-5-26-34-43(48)36-29-24-25-30-37-44(49)35-28-21-18-19-23-32-39-47(51)57-45(41-56-58(52,53)54)40-55-46(50)38-31-22-17-15-13-11-9-7-6-8-10-12-14-16-20-27-33-42(2)3/h5,19,21,23-26,28-30,36-37,42-45,48-49H,4,6-18,20,22,27,31-35,38-41H2,1-3H3,(H2,52,53,54)/b23-19-,25-24-,26-5-,28-21-,36-29+,37-30+/t43-,44+,45+/m0/s1. The molecule has 0 aliphatic rings. The summed E-state index contributed by atoms with van der Waals surface area (Å²) in [5.74, 6) is -0.220. The zero-order valence-electron chi connectivity index (χ0n) is 36.3. The van der Waals surface area contributed by atoms with Crippen LogP contribution in [-0.4, -0.2) is 63.5 Å². The maximum absolute atomic E-state index is 12.4. The third-order valence-corrected chi connectivity index (χ3v) is 9.83. The average molecular weight is 837 g/mol. The number of ether oxygens (including phenoxy) is 2. The number of hydrogen-bond donors (Lipinski definition) is 4. The Bertz CT molecular complexity index is 1220. The van der Waals surface area contributed by atoms with E-state index in [4.69, 9.17) is 19.3 Å². The number of esters is 2. The van der Waals surface area contributed by atoms with E-state index < -0.39 is 44.7 Å². The SMILES string of the molecule is CC/C=C\C[C@H](O)/C=C/C=C\C=C\[C@H](O)C/C=C\C/C=C\CCC(=O)O[C@H](COC(=O)CCCCCCCCCCCCCCCCCCC(C)C)COP(=O)(O)O. The zero-order chi connectivity index (χ0) is 43.0. The van der Waals surface area contributed by atoms with Gasteiger partial charge in [0.25, 0.3) is 0 Å². The molecular formula is C47H81O10P. The Balaban J connectivity index is 4.11. The number of carbonyl (C=O) groups is 2. The van der Waals surface area contributed by atoms with Gasteiger partial charge in [-0.3, -0.25) is 14.1 Å². The van der Waals surface area contributed by atoms with Crippen LogP contribution in [0.5, 0.6) is 0 Å². The number of phosphoric ester groups is 1. The van der Waals surface area contributed by atoms with E-state index in [9.17, 15) is 24.4 Å². The smallest absolute Gasteiger partial charge is 0.462 e. The van der Waals surface area contributed by atoms with Crippen molar-refractivity contribution in [1.29, 1.82) is 0 Å². The molecule has 3 atom stereocenters. The second kappa shape index (κ2) is 39.8. The van der Waals surface area contributed by atoms with Gasteiger partial charge in [-0.15, -0.1) is 0 Å². The lowest BCUT2D eigenvalue weighted by atomic mass is 10.0. The fourth-order valence-corrected chi connectivity index (χ4v) is 6.35. The molecule has 11 heteroatoms. The first-order chi connectivity index (χ1) is 27.9. The first-order valence-corrected chi connectivity index (χ1v) is 23.8. The predicted octanol–water partition coefficient (Wildman–Crippen LogP) is 11.6. The normalized spacial score (nSPS) is 14.3. The third-order valence-electron chi connectivity index (χ3n) is 9.35. The molecule has 0 saturated heterocycles. The summed E-state index contributed by atoms with van der Waals surface area (Å²) in [7, 11) is -4.81. The van der Waals surface area contributed by atoms with Gasteiger partial charge in [0.1, 0.15) is 6.61 Å². The summed E-state index contributed by atoms with van der Waals surface area (Å²) in [6.07, 6.45) is 44.2. The van der Waals surface area contributed by atoms with E-state index in [0.29, 0.717) is 32.1 Å². The molecule has 0 heterocycles. The van der Waals surface area contributed by atoms with Crippen LogP contribution in [0.25, 0.3) is 0 Å². The molecule has 0 aromatic heterocycles. The summed E-state index contributed by atoms with van der Waals surface area (Å²) in [4.78, 5) is 42.9. The van der Waals surface area contributed by atoms with Gasteiger partial charge in [0.2, 0.25) is 0 Å². The molecule has 0 bridgehead atoms. The van der Waals surface area contributed by atoms with Crippen molar-refractivity contribution in [2.75, 3.05) is 13.2 Å². The summed E-state index contributed by atoms with van der Waals surface area (Å²) in [5, 5.41) is 19.9. The first-order valence-electron chi connectivity index (χ1n) is 22.3. The van der Waals surface area contributed by atoms with E-state index >= 15 is 0 Å². The van der Waals surface area contributed by atoms with Gasteiger partial charge in [-0.1, -0.05) is 196 Å². The molecule has 0 saturated carbocycles. The highest BCUT2D eigenvalue weighted by Gasteiger charge is 2.22. The second-order valence-corrected chi connectivity index (χ2v) is 16.8. The van der Waals surface area contributed by atoms with Crippen LogP contribution in [0.3, 0.4) is 0 Å². The van der Waals surface area contributed by atoms with Crippen LogP contribution in [0.2, 0.25) is 0 Å². The molecule has 4 N–H and O–H groups in total. The minimum absolute atomic E-state index is 0.0283. The van der Waals surface area contributed by atoms with Crippen molar-refractivity contribution in [2.45, 2.75) is 193 Å². The fourth-order valence-electron chi connectivity index (χ4n) is 5.99. The van der Waals surface area contributed by atoms with E-state index in [1.54, 1.807) is 36.5 Å². The Morgan fingerprint density at radius 3 is 1.57 bits per heavy atom. The van der Waals surface area contributed by atoms with Crippen molar-refractivity contribution in [3.63, 3.8) is 0 Å². The molecule has 0 aliphatic heterocycles. The molecule has 0 amide bonds. The number of phosphoric acid groups is 1. The van der Waals surface area contributed by atoms with Crippen LogP contribution < -0.4 is 0 Å². The lowest BCUT2D eigenvalue weighted by Crippen LogP contribution is -2.29. The van der Waals surface area contributed by atoms with E-state index in [-0.39, 0.29) is 19.4 Å². The molecule has 334 valence electrons. The van der Waals surface area contributed by atoms with Gasteiger partial charge in [0.05, 0.1) is 18.8 Å². The van der Waals surface area contributed by atoms with E-state index in [1.807, 2.05) is 43.4 Å². The predicted molar refractivity (Wildman–Crippen MR) is 237 cm³/mol. The van der Waals surface area contributed by atoms with Crippen LogP contribution >= 0.6 is 7.82 Å². The Labute approximate surface area is 352 Å². The molecule has 58 heavy (non-hydrogen) atoms. The highest BCUT2D eigenvalue weighted by molar-refractivity contribution is 7.46. The number of aliphatic hydroxyl groups excluding tert-OH is 2. The number of hydrogen-bond acceptors (Lipinski definition) is 8. The molecule has 0 fully saturated rings. The van der Waals surface area contributed by atoms with Crippen molar-refractivity contribution >= 4 is 19.8 Å². The van der Waals surface area contributed by atoms with Crippen LogP contribution in [-0.2, 0) is 28.2 Å². The maximum atomic E-state index is 12.4. The molecule has 10 nitrogen and oxygen atoms in total. The molecule has 0 spiro atoms. The summed E-state index contributed by atoms with van der Waals surface area (Å²) in [6.45, 7) is 5.70. The molecular weight excluding hydrogens is 755 g/mol. The Kier molecular flexibility index (Phi) is 38.1. The number of unbranched alkanes of at least 4 members (excludes halogenated alkanes) is 15. The molecule has 0 unspecified atom stereocenters. The number of allylic oxidation sites excluding steroid dienone is 8. The monoisotopic (exact) mass is 837 g/mol. The van der Waals surface area contributed by atoms with E-state index in [0.717, 1.165) is 31.6 Å². The number of carbonyl (C=O) groups excluding carboxylic acids is 2. The highest BCUT2D eigenvalue weighted by atomic mass is 31.2. The Morgan fingerprint density at radius 1 is 0.586 bits per heavy atom. The zero-order valence-corrected chi connectivity index (χ0v) is 37.2. The summed E-state index contributed by atoms with van der Waals surface area (Å²) < 4.78 is 26.3. The minimum Gasteiger partial charge on any atom is -0.462 e. The van der Waals surface area contributed by atoms with Gasteiger partial charge in [-0.25, -0.2) is 4.57 Å². The topological polar surface area (TPSA) is 160 Å². The molecule has 0 radical (unpaired) electrons. The van der Waals surface area contributed by atoms with Crippen LogP contribution in [0.1, 0.15) is 175 Å². The van der Waals surface area contributed by atoms with Crippen molar-refractivity contribution in [2.24, 2.45) is 5.92 Å². The first kappa shape index (κ1) is 55.4. The number of rotatable bonds is 39. The van der Waals surface area contributed by atoms with Crippen molar-refractivity contribution in [3.8, 4) is 0 Å². The van der Waals surface area contributed by atoms with Gasteiger partial charge < -0.3 is 29.5 Å². The van der Waals surface area contributed by atoms with Gasteiger partial charge in [-0.05, 0) is 44.4 Å². The van der Waals surface area contributed by atoms with E-state index in [2.05, 4.69) is 18.4 Å². The van der Waals surface area contributed by atoms with Gasteiger partial charge in [-0.2, -0.15) is 0 Å². The van der Waals surface area contributed by atoms with Crippen molar-refractivity contribution in [1.82, 2.24) is 0 Å². The Hall–Kier alpha value is -2.59. The van der Waals surface area contributed by atoms with Crippen LogP contribution in [0.15, 0.2) is 72.9 Å². The van der Waals surface area contributed by atoms with Gasteiger partial charge in [0.15, 0.2) is 6.10 Å². The molecule has 0 rings (SSSR count).